The Kier molecular flexibility index (Phi) is 2.61. The number of hydrogen-bond donors (Lipinski definition) is 2. The van der Waals surface area contributed by atoms with Crippen LogP contribution in [0.5, 0.6) is 0 Å². The lowest BCUT2D eigenvalue weighted by Crippen LogP contribution is -2.63. The maximum absolute atomic E-state index is 12.2. The summed E-state index contributed by atoms with van der Waals surface area (Å²) in [6.07, 6.45) is -4.98. The normalized spacial score (nSPS) is 34.1. The van der Waals surface area contributed by atoms with E-state index < -0.39 is 11.8 Å². The highest BCUT2D eigenvalue weighted by Gasteiger charge is 2.61. The van der Waals surface area contributed by atoms with Crippen LogP contribution in [0.15, 0.2) is 0 Å². The van der Waals surface area contributed by atoms with E-state index in [1.54, 1.807) is 0 Å². The van der Waals surface area contributed by atoms with Crippen LogP contribution in [0.3, 0.4) is 0 Å². The number of nitrogens with one attached hydrogen (secondary N) is 1. The maximum Gasteiger partial charge on any atom is 0.417 e. The Morgan fingerprint density at radius 3 is 1.93 bits per heavy atom. The summed E-state index contributed by atoms with van der Waals surface area (Å²) in [5.74, 6) is 0. The fraction of sp³-hybridized carbons (Fsp3) is 1.00. The van der Waals surface area contributed by atoms with Crippen molar-refractivity contribution in [1.29, 1.82) is 0 Å². The molecule has 2 N–H and O–H groups in total. The third-order valence-corrected chi connectivity index (χ3v) is 2.33. The molecule has 0 heterocycles. The Morgan fingerprint density at radius 2 is 1.64 bits per heavy atom. The second kappa shape index (κ2) is 3.10. The van der Waals surface area contributed by atoms with Crippen molar-refractivity contribution in [3.05, 3.63) is 0 Å². The van der Waals surface area contributed by atoms with Gasteiger partial charge in [0, 0.05) is 24.4 Å². The summed E-state index contributed by atoms with van der Waals surface area (Å²) in [5.41, 5.74) is -2.67. The zero-order valence-electron chi connectivity index (χ0n) is 8.57. The first kappa shape index (κ1) is 11.8. The van der Waals surface area contributed by atoms with E-state index in [9.17, 15) is 13.2 Å². The Hall–Kier alpha value is -0.290. The monoisotopic (exact) mass is 211 g/mol. The Labute approximate surface area is 81.5 Å². The van der Waals surface area contributed by atoms with Gasteiger partial charge in [0.05, 0.1) is 0 Å². The fourth-order valence-electron chi connectivity index (χ4n) is 1.70. The standard InChI is InChI=1S/C9H16F3NO/c1-7(2,3)13-6-4-8(14,5-6)9(10,11)12/h6,13-14H,4-5H2,1-3H3. The number of hydrogen-bond acceptors (Lipinski definition) is 2. The molecule has 0 bridgehead atoms. The van der Waals surface area contributed by atoms with Gasteiger partial charge in [-0.05, 0) is 20.8 Å². The zero-order chi connectivity index (χ0) is 11.2. The molecule has 84 valence electrons. The molecule has 0 aromatic rings. The lowest BCUT2D eigenvalue weighted by molar-refractivity contribution is -0.293. The van der Waals surface area contributed by atoms with Gasteiger partial charge in [-0.15, -0.1) is 0 Å². The molecule has 0 aromatic heterocycles. The van der Waals surface area contributed by atoms with Crippen LogP contribution in [-0.4, -0.2) is 28.5 Å². The van der Waals surface area contributed by atoms with Crippen molar-refractivity contribution in [2.45, 2.75) is 57.0 Å². The van der Waals surface area contributed by atoms with Gasteiger partial charge >= 0.3 is 6.18 Å². The lowest BCUT2D eigenvalue weighted by atomic mass is 9.74. The molecule has 1 fully saturated rings. The molecule has 0 aliphatic heterocycles. The van der Waals surface area contributed by atoms with Gasteiger partial charge in [-0.2, -0.15) is 13.2 Å². The topological polar surface area (TPSA) is 32.3 Å². The molecule has 5 heteroatoms. The van der Waals surface area contributed by atoms with Crippen molar-refractivity contribution >= 4 is 0 Å². The van der Waals surface area contributed by atoms with Crippen molar-refractivity contribution < 1.29 is 18.3 Å². The summed E-state index contributed by atoms with van der Waals surface area (Å²) in [5, 5.41) is 12.2. The van der Waals surface area contributed by atoms with Crippen molar-refractivity contribution in [2.75, 3.05) is 0 Å². The quantitative estimate of drug-likeness (QED) is 0.693. The summed E-state index contributed by atoms with van der Waals surface area (Å²) in [7, 11) is 0. The summed E-state index contributed by atoms with van der Waals surface area (Å²) >= 11 is 0. The Morgan fingerprint density at radius 1 is 1.21 bits per heavy atom. The average Bonchev–Trinajstić information content (AvgIpc) is 1.77. The van der Waals surface area contributed by atoms with Crippen LogP contribution in [-0.2, 0) is 0 Å². The van der Waals surface area contributed by atoms with E-state index >= 15 is 0 Å². The van der Waals surface area contributed by atoms with Crippen LogP contribution in [0, 0.1) is 0 Å². The van der Waals surface area contributed by atoms with E-state index in [4.69, 9.17) is 5.11 Å². The molecule has 0 unspecified atom stereocenters. The number of alkyl halides is 3. The van der Waals surface area contributed by atoms with Crippen molar-refractivity contribution in [1.82, 2.24) is 5.32 Å². The van der Waals surface area contributed by atoms with E-state index in [1.807, 2.05) is 20.8 Å². The first-order valence-electron chi connectivity index (χ1n) is 4.60. The third kappa shape index (κ3) is 2.39. The van der Waals surface area contributed by atoms with Crippen molar-refractivity contribution in [2.24, 2.45) is 0 Å². The first-order valence-corrected chi connectivity index (χ1v) is 4.60. The van der Waals surface area contributed by atoms with Gasteiger partial charge in [0.1, 0.15) is 0 Å². The number of halogens is 3. The Balaban J connectivity index is 2.44. The highest BCUT2D eigenvalue weighted by atomic mass is 19.4. The molecule has 2 nitrogen and oxygen atoms in total. The van der Waals surface area contributed by atoms with Crippen LogP contribution < -0.4 is 5.32 Å². The van der Waals surface area contributed by atoms with Crippen LogP contribution >= 0.6 is 0 Å². The van der Waals surface area contributed by atoms with Gasteiger partial charge in [-0.1, -0.05) is 0 Å². The molecule has 0 saturated heterocycles. The van der Waals surface area contributed by atoms with E-state index in [-0.39, 0.29) is 24.4 Å². The van der Waals surface area contributed by atoms with Gasteiger partial charge in [-0.25, -0.2) is 0 Å². The molecule has 1 saturated carbocycles. The molecule has 0 radical (unpaired) electrons. The minimum atomic E-state index is -4.50. The smallest absolute Gasteiger partial charge is 0.380 e. The summed E-state index contributed by atoms with van der Waals surface area (Å²) in [4.78, 5) is 0. The third-order valence-electron chi connectivity index (χ3n) is 2.33. The molecule has 1 aliphatic carbocycles. The molecular weight excluding hydrogens is 195 g/mol. The van der Waals surface area contributed by atoms with E-state index in [0.29, 0.717) is 0 Å². The summed E-state index contributed by atoms with van der Waals surface area (Å²) in [6, 6.07) is -0.235. The molecule has 14 heavy (non-hydrogen) atoms. The summed E-state index contributed by atoms with van der Waals surface area (Å²) < 4.78 is 36.6. The predicted octanol–water partition coefficient (Wildman–Crippen LogP) is 1.83. The highest BCUT2D eigenvalue weighted by molar-refractivity contribution is 5.04. The van der Waals surface area contributed by atoms with Gasteiger partial charge in [0.2, 0.25) is 0 Å². The molecule has 1 rings (SSSR count). The zero-order valence-corrected chi connectivity index (χ0v) is 8.57. The predicted molar refractivity (Wildman–Crippen MR) is 46.9 cm³/mol. The second-order valence-electron chi connectivity index (χ2n) is 5.03. The minimum absolute atomic E-state index is 0.211. The van der Waals surface area contributed by atoms with E-state index in [0.717, 1.165) is 0 Å². The second-order valence-corrected chi connectivity index (χ2v) is 5.03. The summed E-state index contributed by atoms with van der Waals surface area (Å²) in [6.45, 7) is 5.66. The maximum atomic E-state index is 12.2. The number of aliphatic hydroxyl groups is 1. The van der Waals surface area contributed by atoms with Crippen LogP contribution in [0.1, 0.15) is 33.6 Å². The average molecular weight is 211 g/mol. The molecule has 0 atom stereocenters. The molecular formula is C9H16F3NO. The largest absolute Gasteiger partial charge is 0.417 e. The van der Waals surface area contributed by atoms with Crippen LogP contribution in [0.25, 0.3) is 0 Å². The molecule has 0 spiro atoms. The van der Waals surface area contributed by atoms with Crippen LogP contribution in [0.4, 0.5) is 13.2 Å². The minimum Gasteiger partial charge on any atom is -0.380 e. The fourth-order valence-corrected chi connectivity index (χ4v) is 1.70. The molecule has 1 aliphatic rings. The van der Waals surface area contributed by atoms with Crippen molar-refractivity contribution in [3.63, 3.8) is 0 Å². The van der Waals surface area contributed by atoms with Gasteiger partial charge < -0.3 is 10.4 Å². The van der Waals surface area contributed by atoms with E-state index in [2.05, 4.69) is 5.32 Å². The molecule has 0 amide bonds. The SMILES string of the molecule is CC(C)(C)NC1CC(O)(C(F)(F)F)C1. The van der Waals surface area contributed by atoms with Crippen molar-refractivity contribution in [3.8, 4) is 0 Å². The first-order chi connectivity index (χ1) is 6.04. The number of rotatable bonds is 1. The van der Waals surface area contributed by atoms with Gasteiger partial charge in [-0.3, -0.25) is 0 Å². The lowest BCUT2D eigenvalue weighted by Gasteiger charge is -2.47. The van der Waals surface area contributed by atoms with Gasteiger partial charge in [0.25, 0.3) is 0 Å². The highest BCUT2D eigenvalue weighted by Crippen LogP contribution is 2.45. The van der Waals surface area contributed by atoms with Gasteiger partial charge in [0.15, 0.2) is 5.60 Å². The molecule has 0 aromatic carbocycles. The Bertz CT molecular complexity index is 213. The van der Waals surface area contributed by atoms with Crippen LogP contribution in [0.2, 0.25) is 0 Å². The van der Waals surface area contributed by atoms with E-state index in [1.165, 1.54) is 0 Å².